The molecule has 1 saturated carbocycles. The molecule has 2 aromatic rings. The normalized spacial score (nSPS) is 20.0. The topological polar surface area (TPSA) is 76.3 Å². The Labute approximate surface area is 146 Å². The summed E-state index contributed by atoms with van der Waals surface area (Å²) in [6.07, 6.45) is 4.44. The van der Waals surface area contributed by atoms with E-state index in [4.69, 9.17) is 4.52 Å². The van der Waals surface area contributed by atoms with Crippen LogP contribution in [0.2, 0.25) is 0 Å². The Kier molecular flexibility index (Phi) is 4.34. The number of ketones is 1. The van der Waals surface area contributed by atoms with Gasteiger partial charge >= 0.3 is 0 Å². The van der Waals surface area contributed by atoms with Gasteiger partial charge in [0.25, 0.3) is 0 Å². The Morgan fingerprint density at radius 3 is 2.68 bits per heavy atom. The van der Waals surface area contributed by atoms with Crippen LogP contribution in [0.4, 0.5) is 0 Å². The highest BCUT2D eigenvalue weighted by Crippen LogP contribution is 2.39. The van der Waals surface area contributed by atoms with E-state index in [0.29, 0.717) is 23.9 Å². The zero-order valence-corrected chi connectivity index (χ0v) is 14.1. The van der Waals surface area contributed by atoms with Gasteiger partial charge in [0.2, 0.25) is 11.8 Å². The second kappa shape index (κ2) is 6.78. The van der Waals surface area contributed by atoms with Crippen molar-refractivity contribution in [1.29, 1.82) is 0 Å². The Balaban J connectivity index is 1.37. The van der Waals surface area contributed by atoms with Gasteiger partial charge < -0.3 is 9.42 Å². The summed E-state index contributed by atoms with van der Waals surface area (Å²) >= 11 is 0. The first-order valence-corrected chi connectivity index (χ1v) is 8.93. The number of carbonyl (C=O) groups is 2. The van der Waals surface area contributed by atoms with Crippen molar-refractivity contribution in [2.24, 2.45) is 0 Å². The maximum Gasteiger partial charge on any atom is 0.249 e. The summed E-state index contributed by atoms with van der Waals surface area (Å²) in [5.41, 5.74) is 0.652. The molecule has 4 rings (SSSR count). The Morgan fingerprint density at radius 2 is 1.92 bits per heavy atom. The van der Waals surface area contributed by atoms with Crippen molar-refractivity contribution in [2.45, 2.75) is 50.5 Å². The fraction of sp³-hybridized carbons (Fsp3) is 0.474. The molecule has 1 aliphatic heterocycles. The minimum Gasteiger partial charge on any atom is -0.337 e. The third-order valence-electron chi connectivity index (χ3n) is 4.92. The van der Waals surface area contributed by atoms with Crippen molar-refractivity contribution < 1.29 is 14.1 Å². The van der Waals surface area contributed by atoms with Crippen LogP contribution >= 0.6 is 0 Å². The Morgan fingerprint density at radius 1 is 1.12 bits per heavy atom. The molecule has 1 saturated heterocycles. The lowest BCUT2D eigenvalue weighted by Gasteiger charge is -2.21. The molecule has 130 valence electrons. The van der Waals surface area contributed by atoms with Gasteiger partial charge in [0, 0.05) is 30.9 Å². The number of rotatable bonds is 6. The number of hydrogen-bond donors (Lipinski definition) is 0. The summed E-state index contributed by atoms with van der Waals surface area (Å²) in [6, 6.07) is 8.96. The molecule has 1 aromatic carbocycles. The SMILES string of the molecule is O=C(CCC(=O)N1CCCC1c1nc(C2CC2)no1)c1ccccc1. The van der Waals surface area contributed by atoms with E-state index in [0.717, 1.165) is 31.5 Å². The second-order valence-electron chi connectivity index (χ2n) is 6.80. The molecule has 1 atom stereocenters. The summed E-state index contributed by atoms with van der Waals surface area (Å²) < 4.78 is 5.40. The summed E-state index contributed by atoms with van der Waals surface area (Å²) in [7, 11) is 0. The van der Waals surface area contributed by atoms with Gasteiger partial charge in [-0.2, -0.15) is 4.98 Å². The maximum atomic E-state index is 12.6. The largest absolute Gasteiger partial charge is 0.337 e. The minimum absolute atomic E-state index is 0.00138. The molecule has 6 nitrogen and oxygen atoms in total. The van der Waals surface area contributed by atoms with Gasteiger partial charge in [-0.05, 0) is 25.7 Å². The first kappa shape index (κ1) is 16.0. The molecule has 1 aliphatic carbocycles. The summed E-state index contributed by atoms with van der Waals surface area (Å²) in [5.74, 6) is 1.73. The number of nitrogens with zero attached hydrogens (tertiary/aromatic N) is 3. The van der Waals surface area contributed by atoms with E-state index in [9.17, 15) is 9.59 Å². The van der Waals surface area contributed by atoms with Crippen LogP contribution in [0.15, 0.2) is 34.9 Å². The summed E-state index contributed by atoms with van der Waals surface area (Å²) in [6.45, 7) is 0.685. The highest BCUT2D eigenvalue weighted by molar-refractivity contribution is 5.97. The van der Waals surface area contributed by atoms with E-state index in [1.54, 1.807) is 17.0 Å². The first-order chi connectivity index (χ1) is 12.2. The number of likely N-dealkylation sites (tertiary alicyclic amines) is 1. The van der Waals surface area contributed by atoms with Crippen LogP contribution in [-0.4, -0.2) is 33.3 Å². The minimum atomic E-state index is -0.140. The third-order valence-corrected chi connectivity index (χ3v) is 4.92. The van der Waals surface area contributed by atoms with Crippen molar-refractivity contribution in [3.8, 4) is 0 Å². The van der Waals surface area contributed by atoms with Crippen LogP contribution in [-0.2, 0) is 4.79 Å². The maximum absolute atomic E-state index is 12.6. The van der Waals surface area contributed by atoms with Crippen LogP contribution < -0.4 is 0 Å². The molecule has 1 amide bonds. The molecule has 0 radical (unpaired) electrons. The van der Waals surface area contributed by atoms with E-state index in [2.05, 4.69) is 10.1 Å². The number of aromatic nitrogens is 2. The fourth-order valence-electron chi connectivity index (χ4n) is 3.34. The van der Waals surface area contributed by atoms with E-state index in [-0.39, 0.29) is 30.6 Å². The van der Waals surface area contributed by atoms with Gasteiger partial charge in [-0.3, -0.25) is 9.59 Å². The monoisotopic (exact) mass is 339 g/mol. The molecule has 0 N–H and O–H groups in total. The molecule has 2 heterocycles. The third kappa shape index (κ3) is 3.48. The second-order valence-corrected chi connectivity index (χ2v) is 6.80. The number of Topliss-reactive ketones (excluding diaryl/α,β-unsaturated/α-hetero) is 1. The highest BCUT2D eigenvalue weighted by atomic mass is 16.5. The Hall–Kier alpha value is -2.50. The number of benzene rings is 1. The van der Waals surface area contributed by atoms with Crippen molar-refractivity contribution in [2.75, 3.05) is 6.54 Å². The lowest BCUT2D eigenvalue weighted by molar-refractivity contribution is -0.132. The molecule has 6 heteroatoms. The highest BCUT2D eigenvalue weighted by Gasteiger charge is 2.36. The molecular weight excluding hydrogens is 318 g/mol. The molecular formula is C19H21N3O3. The lowest BCUT2D eigenvalue weighted by Crippen LogP contribution is -2.31. The smallest absolute Gasteiger partial charge is 0.249 e. The average Bonchev–Trinajstić information content (AvgIpc) is 3.18. The van der Waals surface area contributed by atoms with Crippen LogP contribution in [0, 0.1) is 0 Å². The number of carbonyl (C=O) groups excluding carboxylic acids is 2. The zero-order chi connectivity index (χ0) is 17.2. The molecule has 1 unspecified atom stereocenters. The summed E-state index contributed by atoms with van der Waals surface area (Å²) in [4.78, 5) is 31.1. The van der Waals surface area contributed by atoms with Crippen molar-refractivity contribution >= 4 is 11.7 Å². The fourth-order valence-corrected chi connectivity index (χ4v) is 3.34. The van der Waals surface area contributed by atoms with Gasteiger partial charge in [0.05, 0.1) is 0 Å². The predicted molar refractivity (Wildman–Crippen MR) is 90.0 cm³/mol. The predicted octanol–water partition coefficient (Wildman–Crippen LogP) is 3.27. The standard InChI is InChI=1S/C19H21N3O3/c23-16(13-5-2-1-3-6-13)10-11-17(24)22-12-4-7-15(22)19-20-18(21-25-19)14-8-9-14/h1-3,5-6,14-15H,4,7-12H2. The van der Waals surface area contributed by atoms with E-state index in [1.165, 1.54) is 0 Å². The first-order valence-electron chi connectivity index (χ1n) is 8.93. The van der Waals surface area contributed by atoms with Crippen molar-refractivity contribution in [1.82, 2.24) is 15.0 Å². The van der Waals surface area contributed by atoms with Crippen LogP contribution in [0.1, 0.15) is 72.6 Å². The molecule has 0 spiro atoms. The van der Waals surface area contributed by atoms with Gasteiger partial charge in [-0.15, -0.1) is 0 Å². The van der Waals surface area contributed by atoms with E-state index >= 15 is 0 Å². The van der Waals surface area contributed by atoms with Gasteiger partial charge in [-0.1, -0.05) is 35.5 Å². The molecule has 25 heavy (non-hydrogen) atoms. The van der Waals surface area contributed by atoms with Gasteiger partial charge in [0.15, 0.2) is 11.6 Å². The zero-order valence-electron chi connectivity index (χ0n) is 14.1. The van der Waals surface area contributed by atoms with Crippen LogP contribution in [0.3, 0.4) is 0 Å². The van der Waals surface area contributed by atoms with E-state index in [1.807, 2.05) is 18.2 Å². The van der Waals surface area contributed by atoms with Crippen molar-refractivity contribution in [3.63, 3.8) is 0 Å². The van der Waals surface area contributed by atoms with Gasteiger partial charge in [-0.25, -0.2) is 0 Å². The lowest BCUT2D eigenvalue weighted by atomic mass is 10.1. The number of hydrogen-bond acceptors (Lipinski definition) is 5. The molecule has 2 aliphatic rings. The molecule has 1 aromatic heterocycles. The Bertz CT molecular complexity index is 767. The molecule has 0 bridgehead atoms. The van der Waals surface area contributed by atoms with E-state index < -0.39 is 0 Å². The quantitative estimate of drug-likeness (QED) is 0.755. The van der Waals surface area contributed by atoms with Crippen molar-refractivity contribution in [3.05, 3.63) is 47.6 Å². The average molecular weight is 339 g/mol. The van der Waals surface area contributed by atoms with Crippen LogP contribution in [0.25, 0.3) is 0 Å². The van der Waals surface area contributed by atoms with Crippen LogP contribution in [0.5, 0.6) is 0 Å². The summed E-state index contributed by atoms with van der Waals surface area (Å²) in [5, 5.41) is 4.05. The van der Waals surface area contributed by atoms with Gasteiger partial charge in [0.1, 0.15) is 6.04 Å². The molecule has 2 fully saturated rings. The number of amides is 1.